The maximum absolute atomic E-state index is 11.9. The van der Waals surface area contributed by atoms with Crippen molar-refractivity contribution in [1.82, 2.24) is 0 Å². The van der Waals surface area contributed by atoms with E-state index in [0.29, 0.717) is 5.92 Å². The summed E-state index contributed by atoms with van der Waals surface area (Å²) in [7, 11) is 0. The van der Waals surface area contributed by atoms with E-state index in [4.69, 9.17) is 9.47 Å². The van der Waals surface area contributed by atoms with Crippen LogP contribution < -0.4 is 0 Å². The highest BCUT2D eigenvalue weighted by molar-refractivity contribution is 5.67. The van der Waals surface area contributed by atoms with Crippen LogP contribution in [0, 0.1) is 22.7 Å². The molecule has 0 N–H and O–H groups in total. The van der Waals surface area contributed by atoms with Crippen molar-refractivity contribution >= 4 is 11.9 Å². The summed E-state index contributed by atoms with van der Waals surface area (Å²) < 4.78 is 11.7. The van der Waals surface area contributed by atoms with Gasteiger partial charge in [0, 0.05) is 30.6 Å². The van der Waals surface area contributed by atoms with Crippen molar-refractivity contribution in [2.45, 2.75) is 72.0 Å². The third kappa shape index (κ3) is 2.79. The number of carbonyl (C=O) groups excluding carboxylic acids is 2. The molecule has 0 spiro atoms. The largest absolute Gasteiger partial charge is 0.462 e. The minimum absolute atomic E-state index is 0.0485. The van der Waals surface area contributed by atoms with Crippen molar-refractivity contribution in [3.63, 3.8) is 0 Å². The van der Waals surface area contributed by atoms with Gasteiger partial charge in [0.25, 0.3) is 0 Å². The first-order valence-corrected chi connectivity index (χ1v) is 10.2. The van der Waals surface area contributed by atoms with Gasteiger partial charge in [0.1, 0.15) is 12.2 Å². The molecule has 0 bridgehead atoms. The first-order valence-electron chi connectivity index (χ1n) is 10.2. The zero-order chi connectivity index (χ0) is 19.4. The van der Waals surface area contributed by atoms with Gasteiger partial charge in [0.05, 0.1) is 0 Å². The summed E-state index contributed by atoms with van der Waals surface area (Å²) in [4.78, 5) is 23.7. The zero-order valence-corrected chi connectivity index (χ0v) is 16.8. The molecular formula is C23H30O4. The molecule has 4 aliphatic rings. The van der Waals surface area contributed by atoms with E-state index < -0.39 is 0 Å². The molecule has 4 nitrogen and oxygen atoms in total. The SMILES string of the molecule is CC(=O)OC1C=C2CCCC(OC(C)=O)[C@]2(C)[C@H]2CC[C@]3(C)C=CC=C3[C@H]12. The van der Waals surface area contributed by atoms with Crippen molar-refractivity contribution in [1.29, 1.82) is 0 Å². The van der Waals surface area contributed by atoms with Crippen LogP contribution in [0.15, 0.2) is 35.5 Å². The molecule has 6 atom stereocenters. The zero-order valence-electron chi connectivity index (χ0n) is 16.8. The third-order valence-electron chi connectivity index (χ3n) is 7.54. The fourth-order valence-corrected chi connectivity index (χ4v) is 6.28. The molecule has 0 aromatic rings. The summed E-state index contributed by atoms with van der Waals surface area (Å²) in [6, 6.07) is 0. The van der Waals surface area contributed by atoms with Gasteiger partial charge in [-0.05, 0) is 44.1 Å². The molecule has 2 unspecified atom stereocenters. The van der Waals surface area contributed by atoms with Gasteiger partial charge < -0.3 is 9.47 Å². The molecule has 4 heteroatoms. The van der Waals surface area contributed by atoms with E-state index in [-0.39, 0.29) is 40.9 Å². The summed E-state index contributed by atoms with van der Waals surface area (Å²) in [6.07, 6.45) is 13.5. The number of allylic oxidation sites excluding steroid dienone is 3. The van der Waals surface area contributed by atoms with Crippen LogP contribution >= 0.6 is 0 Å². The molecular weight excluding hydrogens is 340 g/mol. The minimum Gasteiger partial charge on any atom is -0.462 e. The Morgan fingerprint density at radius 3 is 2.56 bits per heavy atom. The normalized spacial score (nSPS) is 42.2. The van der Waals surface area contributed by atoms with Crippen LogP contribution in [0.5, 0.6) is 0 Å². The number of carbonyl (C=O) groups is 2. The van der Waals surface area contributed by atoms with Crippen molar-refractivity contribution in [3.8, 4) is 0 Å². The Hall–Kier alpha value is -1.84. The van der Waals surface area contributed by atoms with Crippen molar-refractivity contribution in [2.75, 3.05) is 0 Å². The molecule has 2 fully saturated rings. The van der Waals surface area contributed by atoms with Crippen LogP contribution in [0.2, 0.25) is 0 Å². The minimum atomic E-state index is -0.231. The average molecular weight is 370 g/mol. The third-order valence-corrected chi connectivity index (χ3v) is 7.54. The summed E-state index contributed by atoms with van der Waals surface area (Å²) in [5.74, 6) is 0.0206. The number of fused-ring (bicyclic) bond motifs is 5. The second kappa shape index (κ2) is 6.35. The Labute approximate surface area is 161 Å². The van der Waals surface area contributed by atoms with Crippen LogP contribution in [0.25, 0.3) is 0 Å². The predicted molar refractivity (Wildman–Crippen MR) is 103 cm³/mol. The first-order chi connectivity index (χ1) is 12.8. The molecule has 0 amide bonds. The number of esters is 2. The van der Waals surface area contributed by atoms with Crippen LogP contribution in [0.1, 0.15) is 59.8 Å². The fourth-order valence-electron chi connectivity index (χ4n) is 6.28. The Bertz CT molecular complexity index is 760. The van der Waals surface area contributed by atoms with Gasteiger partial charge in [-0.1, -0.05) is 43.2 Å². The molecule has 0 saturated heterocycles. The molecule has 0 aromatic carbocycles. The van der Waals surface area contributed by atoms with Gasteiger partial charge in [0.15, 0.2) is 0 Å². The summed E-state index contributed by atoms with van der Waals surface area (Å²) in [5.41, 5.74) is 2.54. The van der Waals surface area contributed by atoms with E-state index in [1.807, 2.05) is 0 Å². The van der Waals surface area contributed by atoms with E-state index in [2.05, 4.69) is 38.2 Å². The molecule has 0 aliphatic heterocycles. The van der Waals surface area contributed by atoms with Crippen molar-refractivity contribution in [3.05, 3.63) is 35.5 Å². The molecule has 146 valence electrons. The Morgan fingerprint density at radius 1 is 1.11 bits per heavy atom. The lowest BCUT2D eigenvalue weighted by atomic mass is 9.48. The number of rotatable bonds is 2. The Morgan fingerprint density at radius 2 is 1.85 bits per heavy atom. The van der Waals surface area contributed by atoms with Crippen molar-refractivity contribution in [2.24, 2.45) is 22.7 Å². The molecule has 0 radical (unpaired) electrons. The molecule has 0 heterocycles. The van der Waals surface area contributed by atoms with Gasteiger partial charge >= 0.3 is 11.9 Å². The highest BCUT2D eigenvalue weighted by Gasteiger charge is 2.59. The predicted octanol–water partition coefficient (Wildman–Crippen LogP) is 4.51. The van der Waals surface area contributed by atoms with Gasteiger partial charge in [-0.25, -0.2) is 0 Å². The summed E-state index contributed by atoms with van der Waals surface area (Å²) in [6.45, 7) is 7.56. The van der Waals surface area contributed by atoms with Gasteiger partial charge in [0.2, 0.25) is 0 Å². The number of hydrogen-bond donors (Lipinski definition) is 0. The van der Waals surface area contributed by atoms with E-state index in [9.17, 15) is 9.59 Å². The fraction of sp³-hybridized carbons (Fsp3) is 0.652. The Kier molecular flexibility index (Phi) is 4.36. The monoisotopic (exact) mass is 370 g/mol. The first kappa shape index (κ1) is 18.5. The smallest absolute Gasteiger partial charge is 0.303 e. The molecule has 27 heavy (non-hydrogen) atoms. The van der Waals surface area contributed by atoms with E-state index in [1.165, 1.54) is 25.0 Å². The van der Waals surface area contributed by atoms with Crippen LogP contribution in [0.3, 0.4) is 0 Å². The highest BCUT2D eigenvalue weighted by Crippen LogP contribution is 2.63. The summed E-state index contributed by atoms with van der Waals surface area (Å²) in [5, 5.41) is 0. The maximum Gasteiger partial charge on any atom is 0.303 e. The van der Waals surface area contributed by atoms with Crippen LogP contribution in [-0.4, -0.2) is 24.1 Å². The lowest BCUT2D eigenvalue weighted by molar-refractivity contribution is -0.162. The number of hydrogen-bond acceptors (Lipinski definition) is 4. The molecule has 2 saturated carbocycles. The quantitative estimate of drug-likeness (QED) is 0.530. The molecule has 4 aliphatic carbocycles. The second-order valence-corrected chi connectivity index (χ2v) is 9.11. The lowest BCUT2D eigenvalue weighted by Gasteiger charge is -2.58. The van der Waals surface area contributed by atoms with E-state index >= 15 is 0 Å². The van der Waals surface area contributed by atoms with Gasteiger partial charge in [-0.3, -0.25) is 9.59 Å². The highest BCUT2D eigenvalue weighted by atomic mass is 16.5. The standard InChI is InChI=1S/C23H30O4/c1-14(24)26-19-13-16-7-5-9-20(27-15(2)25)23(16,4)18-10-12-22(3)11-6-8-17(22)21(18)19/h6,8,11,13,18-21H,5,7,9-10,12H2,1-4H3/t18-,19?,20?,21-,22-,23-/m0/s1. The van der Waals surface area contributed by atoms with E-state index in [1.54, 1.807) is 0 Å². The average Bonchev–Trinajstić information content (AvgIpc) is 2.97. The van der Waals surface area contributed by atoms with Crippen molar-refractivity contribution < 1.29 is 19.1 Å². The molecule has 0 aromatic heterocycles. The van der Waals surface area contributed by atoms with Crippen LogP contribution in [0.4, 0.5) is 0 Å². The second-order valence-electron chi connectivity index (χ2n) is 9.11. The Balaban J connectivity index is 1.81. The molecule has 4 rings (SSSR count). The van der Waals surface area contributed by atoms with Gasteiger partial charge in [-0.15, -0.1) is 0 Å². The maximum atomic E-state index is 11.9. The van der Waals surface area contributed by atoms with Gasteiger partial charge in [-0.2, -0.15) is 0 Å². The lowest BCUT2D eigenvalue weighted by Crippen LogP contribution is -2.56. The van der Waals surface area contributed by atoms with E-state index in [0.717, 1.165) is 32.1 Å². The van der Waals surface area contributed by atoms with Crippen LogP contribution in [-0.2, 0) is 19.1 Å². The number of ether oxygens (including phenoxy) is 2. The summed E-state index contributed by atoms with van der Waals surface area (Å²) >= 11 is 0. The topological polar surface area (TPSA) is 52.6 Å².